The van der Waals surface area contributed by atoms with Crippen LogP contribution in [0.3, 0.4) is 0 Å². The smallest absolute Gasteiger partial charge is 0.174 e. The standard InChI is InChI=1S/C22H28O4/c1-2-10-21-18-14-6-8-16(23)19(18)26-20(21)17(24)9-11-22(21,25)15(12-14)7-5-13-3-4-13/h6,8,13,15,20,23,25H,2-5,7,9-12H2,1H3/t15-,20+,21+,22-/m1/s1. The Hall–Kier alpha value is -1.55. The molecular weight excluding hydrogens is 328 g/mol. The van der Waals surface area contributed by atoms with Crippen molar-refractivity contribution in [1.82, 2.24) is 0 Å². The average molecular weight is 356 g/mol. The summed E-state index contributed by atoms with van der Waals surface area (Å²) in [5, 5.41) is 22.5. The van der Waals surface area contributed by atoms with Gasteiger partial charge in [-0.3, -0.25) is 4.79 Å². The van der Waals surface area contributed by atoms with Crippen molar-refractivity contribution >= 4 is 5.78 Å². The largest absolute Gasteiger partial charge is 0.504 e. The van der Waals surface area contributed by atoms with Crippen LogP contribution in [0.2, 0.25) is 0 Å². The van der Waals surface area contributed by atoms with Gasteiger partial charge in [0.05, 0.1) is 11.0 Å². The minimum Gasteiger partial charge on any atom is -0.504 e. The number of rotatable bonds is 5. The van der Waals surface area contributed by atoms with Crippen molar-refractivity contribution in [2.24, 2.45) is 11.8 Å². The Balaban J connectivity index is 1.69. The molecule has 0 aromatic heterocycles. The lowest BCUT2D eigenvalue weighted by Crippen LogP contribution is -2.68. The van der Waals surface area contributed by atoms with E-state index in [0.717, 1.165) is 42.7 Å². The zero-order valence-electron chi connectivity index (χ0n) is 15.5. The number of ether oxygens (including phenoxy) is 1. The molecule has 3 aliphatic carbocycles. The van der Waals surface area contributed by atoms with Crippen molar-refractivity contribution in [1.29, 1.82) is 0 Å². The van der Waals surface area contributed by atoms with E-state index in [9.17, 15) is 15.0 Å². The van der Waals surface area contributed by atoms with Gasteiger partial charge in [0.25, 0.3) is 0 Å². The number of benzene rings is 1. The predicted molar refractivity (Wildman–Crippen MR) is 97.5 cm³/mol. The van der Waals surface area contributed by atoms with Gasteiger partial charge in [-0.1, -0.05) is 38.7 Å². The molecule has 0 bridgehead atoms. The fraction of sp³-hybridized carbons (Fsp3) is 0.682. The van der Waals surface area contributed by atoms with Gasteiger partial charge in [-0.05, 0) is 49.1 Å². The van der Waals surface area contributed by atoms with E-state index in [0.29, 0.717) is 18.6 Å². The Morgan fingerprint density at radius 3 is 2.81 bits per heavy atom. The SMILES string of the molecule is CCC[C@]12c3c4ccc(O)c3O[C@H]1C(=O)CC[C@@]2(O)[C@H](CCC1CC1)C4. The van der Waals surface area contributed by atoms with Gasteiger partial charge < -0.3 is 14.9 Å². The molecule has 4 heteroatoms. The molecule has 5 rings (SSSR count). The molecule has 1 aliphatic heterocycles. The second kappa shape index (κ2) is 5.48. The fourth-order valence-corrected chi connectivity index (χ4v) is 6.25. The highest BCUT2D eigenvalue weighted by Crippen LogP contribution is 2.64. The normalized spacial score (nSPS) is 37.4. The first-order chi connectivity index (χ1) is 12.5. The maximum atomic E-state index is 12.8. The highest BCUT2D eigenvalue weighted by Gasteiger charge is 2.70. The second-order valence-corrected chi connectivity index (χ2v) is 8.98. The lowest BCUT2D eigenvalue weighted by Gasteiger charge is -2.57. The maximum Gasteiger partial charge on any atom is 0.174 e. The molecule has 1 aromatic rings. The summed E-state index contributed by atoms with van der Waals surface area (Å²) in [5.74, 6) is 1.62. The Morgan fingerprint density at radius 1 is 1.27 bits per heavy atom. The average Bonchev–Trinajstić information content (AvgIpc) is 3.37. The third-order valence-corrected chi connectivity index (χ3v) is 7.58. The van der Waals surface area contributed by atoms with Crippen molar-refractivity contribution in [3.05, 3.63) is 23.3 Å². The van der Waals surface area contributed by atoms with Crippen LogP contribution in [-0.4, -0.2) is 27.7 Å². The topological polar surface area (TPSA) is 66.8 Å². The van der Waals surface area contributed by atoms with E-state index >= 15 is 0 Å². The van der Waals surface area contributed by atoms with Gasteiger partial charge in [0.2, 0.25) is 0 Å². The van der Waals surface area contributed by atoms with Crippen LogP contribution in [0, 0.1) is 11.8 Å². The molecule has 0 unspecified atom stereocenters. The minimum atomic E-state index is -0.914. The van der Waals surface area contributed by atoms with Crippen molar-refractivity contribution in [2.75, 3.05) is 0 Å². The molecule has 0 amide bonds. The van der Waals surface area contributed by atoms with Gasteiger partial charge in [0.15, 0.2) is 23.4 Å². The maximum absolute atomic E-state index is 12.8. The summed E-state index contributed by atoms with van der Waals surface area (Å²) in [6, 6.07) is 3.68. The fourth-order valence-electron chi connectivity index (χ4n) is 6.25. The Kier molecular flexibility index (Phi) is 3.50. The van der Waals surface area contributed by atoms with Crippen LogP contribution in [0.4, 0.5) is 0 Å². The van der Waals surface area contributed by atoms with Crippen LogP contribution in [-0.2, 0) is 16.6 Å². The van der Waals surface area contributed by atoms with Gasteiger partial charge in [-0.2, -0.15) is 0 Å². The summed E-state index contributed by atoms with van der Waals surface area (Å²) < 4.78 is 6.09. The van der Waals surface area contributed by atoms with E-state index in [4.69, 9.17) is 4.74 Å². The third kappa shape index (κ3) is 1.97. The van der Waals surface area contributed by atoms with E-state index in [2.05, 4.69) is 6.92 Å². The third-order valence-electron chi connectivity index (χ3n) is 7.58. The van der Waals surface area contributed by atoms with Crippen LogP contribution in [0.5, 0.6) is 11.5 Å². The molecule has 2 N–H and O–H groups in total. The number of phenols is 1. The summed E-state index contributed by atoms with van der Waals surface area (Å²) in [4.78, 5) is 12.8. The van der Waals surface area contributed by atoms with Gasteiger partial charge >= 0.3 is 0 Å². The van der Waals surface area contributed by atoms with E-state index in [1.807, 2.05) is 6.07 Å². The molecule has 4 aliphatic rings. The summed E-state index contributed by atoms with van der Waals surface area (Å²) in [6.45, 7) is 2.10. The van der Waals surface area contributed by atoms with E-state index in [-0.39, 0.29) is 17.5 Å². The van der Waals surface area contributed by atoms with Crippen molar-refractivity contribution in [3.63, 3.8) is 0 Å². The Bertz CT molecular complexity index is 768. The molecule has 2 fully saturated rings. The Labute approximate surface area is 154 Å². The summed E-state index contributed by atoms with van der Waals surface area (Å²) in [5.41, 5.74) is 0.492. The van der Waals surface area contributed by atoms with E-state index in [1.165, 1.54) is 19.3 Å². The van der Waals surface area contributed by atoms with Crippen molar-refractivity contribution < 1.29 is 19.7 Å². The number of aromatic hydroxyl groups is 1. The number of Topliss-reactive ketones (excluding diaryl/α,β-unsaturated/α-hetero) is 1. The molecule has 0 spiro atoms. The lowest BCUT2D eigenvalue weighted by molar-refractivity contribution is -0.167. The highest BCUT2D eigenvalue weighted by atomic mass is 16.5. The van der Waals surface area contributed by atoms with Crippen LogP contribution in [0.1, 0.15) is 69.4 Å². The van der Waals surface area contributed by atoms with Crippen LogP contribution in [0.15, 0.2) is 12.1 Å². The van der Waals surface area contributed by atoms with Crippen LogP contribution in [0.25, 0.3) is 0 Å². The molecule has 1 heterocycles. The quantitative estimate of drug-likeness (QED) is 0.845. The lowest BCUT2D eigenvalue weighted by atomic mass is 9.48. The number of hydrogen-bond acceptors (Lipinski definition) is 4. The van der Waals surface area contributed by atoms with E-state index in [1.54, 1.807) is 6.07 Å². The summed E-state index contributed by atoms with van der Waals surface area (Å²) in [6.07, 6.45) is 7.51. The number of carbonyl (C=O) groups excluding carboxylic acids is 1. The highest BCUT2D eigenvalue weighted by molar-refractivity contribution is 5.89. The van der Waals surface area contributed by atoms with Crippen molar-refractivity contribution in [2.45, 2.75) is 81.8 Å². The molecule has 0 saturated heterocycles. The molecule has 140 valence electrons. The number of aliphatic hydroxyl groups is 1. The summed E-state index contributed by atoms with van der Waals surface area (Å²) in [7, 11) is 0. The predicted octanol–water partition coefficient (Wildman–Crippen LogP) is 3.65. The zero-order chi connectivity index (χ0) is 18.1. The minimum absolute atomic E-state index is 0.0764. The first-order valence-electron chi connectivity index (χ1n) is 10.3. The number of phenolic OH excluding ortho intramolecular Hbond substituents is 1. The Morgan fingerprint density at radius 2 is 2.08 bits per heavy atom. The number of carbonyl (C=O) groups is 1. The molecule has 4 nitrogen and oxygen atoms in total. The van der Waals surface area contributed by atoms with Gasteiger partial charge in [0, 0.05) is 12.0 Å². The molecule has 2 saturated carbocycles. The van der Waals surface area contributed by atoms with E-state index < -0.39 is 17.1 Å². The first kappa shape index (κ1) is 16.6. The first-order valence-corrected chi connectivity index (χ1v) is 10.3. The zero-order valence-corrected chi connectivity index (χ0v) is 15.5. The molecule has 1 aromatic carbocycles. The van der Waals surface area contributed by atoms with Crippen LogP contribution < -0.4 is 4.74 Å². The molecule has 0 radical (unpaired) electrons. The molecule has 4 atom stereocenters. The molecular formula is C22H28O4. The van der Waals surface area contributed by atoms with Crippen LogP contribution >= 0.6 is 0 Å². The van der Waals surface area contributed by atoms with Crippen molar-refractivity contribution in [3.8, 4) is 11.5 Å². The molecule has 26 heavy (non-hydrogen) atoms. The second-order valence-electron chi connectivity index (χ2n) is 8.98. The summed E-state index contributed by atoms with van der Waals surface area (Å²) >= 11 is 0. The van der Waals surface area contributed by atoms with Gasteiger partial charge in [-0.15, -0.1) is 0 Å². The monoisotopic (exact) mass is 356 g/mol. The number of hydrogen-bond donors (Lipinski definition) is 2. The van der Waals surface area contributed by atoms with Gasteiger partial charge in [0.1, 0.15) is 0 Å². The number of ketones is 1. The van der Waals surface area contributed by atoms with Gasteiger partial charge in [-0.25, -0.2) is 0 Å².